The zero-order valence-electron chi connectivity index (χ0n) is 31.0. The molecular weight excluding hydrogens is 683 g/mol. The number of furan rings is 1. The third-order valence-corrected chi connectivity index (χ3v) is 11.5. The van der Waals surface area contributed by atoms with Crippen LogP contribution in [0.15, 0.2) is 180 Å². The molecule has 0 radical (unpaired) electrons. The molecule has 4 heteroatoms. The largest absolute Gasteiger partial charge is 0.455 e. The van der Waals surface area contributed by atoms with Crippen molar-refractivity contribution in [3.8, 4) is 67.5 Å². The van der Waals surface area contributed by atoms with Crippen molar-refractivity contribution in [2.75, 3.05) is 0 Å². The summed E-state index contributed by atoms with van der Waals surface area (Å²) in [5, 5.41) is 4.68. The first-order chi connectivity index (χ1) is 27.5. The van der Waals surface area contributed by atoms with Gasteiger partial charge in [-0.3, -0.25) is 0 Å². The summed E-state index contributed by atoms with van der Waals surface area (Å²) in [6.07, 6.45) is 0. The van der Waals surface area contributed by atoms with E-state index in [-0.39, 0.29) is 5.41 Å². The third-order valence-electron chi connectivity index (χ3n) is 11.5. The lowest BCUT2D eigenvalue weighted by Crippen LogP contribution is -2.15. The van der Waals surface area contributed by atoms with Crippen LogP contribution in [-0.2, 0) is 5.41 Å². The Hall–Kier alpha value is -7.17. The van der Waals surface area contributed by atoms with E-state index >= 15 is 0 Å². The van der Waals surface area contributed by atoms with Crippen molar-refractivity contribution < 1.29 is 4.42 Å². The molecule has 0 N–H and O–H groups in total. The standard InChI is InChI=1S/C52H35N3O/c1-52(2)43-31-38(29-30-41(43)45-39-17-9-10-18-40(39)48-46(47(45)52)42-19-11-12-20-44(42)56-48)51-54-49(36-25-21-34(22-26-36)32-13-5-3-6-14-32)53-50(55-51)37-27-23-35(24-28-37)33-15-7-4-8-16-33/h3-31H,1-2H3. The van der Waals surface area contributed by atoms with E-state index < -0.39 is 0 Å². The second-order valence-electron chi connectivity index (χ2n) is 15.2. The molecule has 1 aliphatic carbocycles. The maximum absolute atomic E-state index is 6.62. The SMILES string of the molecule is CC1(C)c2cc(-c3nc(-c4ccc(-c5ccccc5)cc4)nc(-c4ccc(-c5ccccc5)cc4)n3)ccc2-c2c1c1c3ccccc3oc1c1ccccc21. The molecular formula is C52H35N3O. The Morgan fingerprint density at radius 3 is 1.45 bits per heavy atom. The van der Waals surface area contributed by atoms with Crippen LogP contribution in [0.25, 0.3) is 100 Å². The van der Waals surface area contributed by atoms with E-state index in [1.165, 1.54) is 44.2 Å². The van der Waals surface area contributed by atoms with E-state index in [9.17, 15) is 0 Å². The number of aromatic nitrogens is 3. The molecule has 8 aromatic carbocycles. The minimum Gasteiger partial charge on any atom is -0.455 e. The Labute approximate surface area is 324 Å². The van der Waals surface area contributed by atoms with Gasteiger partial charge in [-0.25, -0.2) is 15.0 Å². The molecule has 0 atom stereocenters. The van der Waals surface area contributed by atoms with Crippen LogP contribution in [-0.4, -0.2) is 15.0 Å². The van der Waals surface area contributed by atoms with Gasteiger partial charge in [-0.2, -0.15) is 0 Å². The quantitative estimate of drug-likeness (QED) is 0.178. The number of nitrogens with zero attached hydrogens (tertiary/aromatic N) is 3. The van der Waals surface area contributed by atoms with Crippen molar-refractivity contribution >= 4 is 32.7 Å². The highest BCUT2D eigenvalue weighted by atomic mass is 16.3. The van der Waals surface area contributed by atoms with Crippen molar-refractivity contribution in [2.45, 2.75) is 19.3 Å². The number of rotatable bonds is 5. The minimum absolute atomic E-state index is 0.325. The zero-order valence-corrected chi connectivity index (χ0v) is 31.0. The fraction of sp³-hybridized carbons (Fsp3) is 0.0577. The fourth-order valence-corrected chi connectivity index (χ4v) is 8.75. The van der Waals surface area contributed by atoms with Gasteiger partial charge in [-0.15, -0.1) is 0 Å². The maximum atomic E-state index is 6.62. The lowest BCUT2D eigenvalue weighted by atomic mass is 9.79. The molecule has 0 saturated carbocycles. The monoisotopic (exact) mass is 717 g/mol. The van der Waals surface area contributed by atoms with E-state index in [1.807, 2.05) is 18.2 Å². The molecule has 1 aliphatic rings. The molecule has 0 unspecified atom stereocenters. The van der Waals surface area contributed by atoms with Crippen molar-refractivity contribution in [1.82, 2.24) is 15.0 Å². The van der Waals surface area contributed by atoms with Gasteiger partial charge < -0.3 is 4.42 Å². The third kappa shape index (κ3) is 5.03. The first kappa shape index (κ1) is 32.3. The summed E-state index contributed by atoms with van der Waals surface area (Å²) in [5.74, 6) is 1.91. The van der Waals surface area contributed by atoms with Gasteiger partial charge in [0.2, 0.25) is 0 Å². The zero-order chi connectivity index (χ0) is 37.4. The Kier molecular flexibility index (Phi) is 7.17. The molecule has 0 amide bonds. The Morgan fingerprint density at radius 2 is 0.857 bits per heavy atom. The van der Waals surface area contributed by atoms with Gasteiger partial charge in [-0.1, -0.05) is 178 Å². The van der Waals surface area contributed by atoms with E-state index in [4.69, 9.17) is 19.4 Å². The molecule has 0 bridgehead atoms. The Balaban J connectivity index is 1.08. The number of benzene rings is 8. The highest BCUT2D eigenvalue weighted by Gasteiger charge is 2.40. The molecule has 4 nitrogen and oxygen atoms in total. The second kappa shape index (κ2) is 12.4. The summed E-state index contributed by atoms with van der Waals surface area (Å²) in [6.45, 7) is 4.68. The Morgan fingerprint density at radius 1 is 0.411 bits per heavy atom. The first-order valence-corrected chi connectivity index (χ1v) is 19.1. The molecule has 2 aromatic heterocycles. The highest BCUT2D eigenvalue weighted by molar-refractivity contribution is 6.23. The van der Waals surface area contributed by atoms with Crippen molar-refractivity contribution in [3.63, 3.8) is 0 Å². The van der Waals surface area contributed by atoms with Gasteiger partial charge in [-0.05, 0) is 62.0 Å². The molecule has 264 valence electrons. The van der Waals surface area contributed by atoms with Crippen LogP contribution in [0, 0.1) is 0 Å². The van der Waals surface area contributed by atoms with Crippen molar-refractivity contribution in [1.29, 1.82) is 0 Å². The topological polar surface area (TPSA) is 51.8 Å². The average molecular weight is 718 g/mol. The highest BCUT2D eigenvalue weighted by Crippen LogP contribution is 2.56. The van der Waals surface area contributed by atoms with E-state index in [2.05, 4.69) is 172 Å². The van der Waals surface area contributed by atoms with Crippen molar-refractivity contribution in [2.24, 2.45) is 0 Å². The van der Waals surface area contributed by atoms with Crippen LogP contribution >= 0.6 is 0 Å². The smallest absolute Gasteiger partial charge is 0.164 e. The normalized spacial score (nSPS) is 13.0. The van der Waals surface area contributed by atoms with Gasteiger partial charge in [0.05, 0.1) is 0 Å². The lowest BCUT2D eigenvalue weighted by molar-refractivity contribution is 0.659. The fourth-order valence-electron chi connectivity index (χ4n) is 8.75. The summed E-state index contributed by atoms with van der Waals surface area (Å²) in [4.78, 5) is 15.5. The predicted octanol–water partition coefficient (Wildman–Crippen LogP) is 13.6. The van der Waals surface area contributed by atoms with E-state index in [0.29, 0.717) is 17.5 Å². The summed E-state index contributed by atoms with van der Waals surface area (Å²) >= 11 is 0. The summed E-state index contributed by atoms with van der Waals surface area (Å²) in [7, 11) is 0. The van der Waals surface area contributed by atoms with Crippen LogP contribution in [0.1, 0.15) is 25.0 Å². The van der Waals surface area contributed by atoms with Crippen molar-refractivity contribution in [3.05, 3.63) is 187 Å². The average Bonchev–Trinajstić information content (AvgIpc) is 3.76. The summed E-state index contributed by atoms with van der Waals surface area (Å²) in [5.41, 5.74) is 14.1. The molecule has 11 rings (SSSR count). The molecule has 0 fully saturated rings. The van der Waals surface area contributed by atoms with Crippen LogP contribution in [0.3, 0.4) is 0 Å². The van der Waals surface area contributed by atoms with Gasteiger partial charge in [0.1, 0.15) is 11.2 Å². The van der Waals surface area contributed by atoms with Gasteiger partial charge in [0, 0.05) is 38.3 Å². The van der Waals surface area contributed by atoms with Gasteiger partial charge >= 0.3 is 0 Å². The van der Waals surface area contributed by atoms with Crippen LogP contribution in [0.2, 0.25) is 0 Å². The van der Waals surface area contributed by atoms with Gasteiger partial charge in [0.15, 0.2) is 17.5 Å². The molecule has 0 saturated heterocycles. The molecule has 10 aromatic rings. The maximum Gasteiger partial charge on any atom is 0.164 e. The molecule has 0 spiro atoms. The number of hydrogen-bond acceptors (Lipinski definition) is 4. The molecule has 56 heavy (non-hydrogen) atoms. The van der Waals surface area contributed by atoms with Crippen LogP contribution in [0.5, 0.6) is 0 Å². The summed E-state index contributed by atoms with van der Waals surface area (Å²) < 4.78 is 6.62. The Bertz CT molecular complexity index is 3030. The predicted molar refractivity (Wildman–Crippen MR) is 229 cm³/mol. The van der Waals surface area contributed by atoms with Gasteiger partial charge in [0.25, 0.3) is 0 Å². The number of para-hydroxylation sites is 1. The van der Waals surface area contributed by atoms with Crippen LogP contribution < -0.4 is 0 Å². The summed E-state index contributed by atoms with van der Waals surface area (Å²) in [6, 6.07) is 61.7. The molecule has 2 heterocycles. The van der Waals surface area contributed by atoms with E-state index in [1.54, 1.807) is 0 Å². The lowest BCUT2D eigenvalue weighted by Gasteiger charge is -2.23. The first-order valence-electron chi connectivity index (χ1n) is 19.1. The van der Waals surface area contributed by atoms with E-state index in [0.717, 1.165) is 49.8 Å². The molecule has 0 aliphatic heterocycles. The number of hydrogen-bond donors (Lipinski definition) is 0. The minimum atomic E-state index is -0.325. The number of fused-ring (bicyclic) bond motifs is 10. The van der Waals surface area contributed by atoms with Crippen LogP contribution in [0.4, 0.5) is 0 Å². The second-order valence-corrected chi connectivity index (χ2v) is 15.2.